The number of hydrogen-bond donors (Lipinski definition) is 2. The lowest BCUT2D eigenvalue weighted by Gasteiger charge is -2.27. The van der Waals surface area contributed by atoms with Crippen LogP contribution < -0.4 is 19.5 Å². The summed E-state index contributed by atoms with van der Waals surface area (Å²) in [6, 6.07) is 17.9. The number of amidine groups is 1. The van der Waals surface area contributed by atoms with Crippen molar-refractivity contribution in [3.63, 3.8) is 0 Å². The number of hydrogen-bond acceptors (Lipinski definition) is 8. The van der Waals surface area contributed by atoms with Gasteiger partial charge in [-0.05, 0) is 66.9 Å². The Morgan fingerprint density at radius 2 is 1.89 bits per heavy atom. The average Bonchev–Trinajstić information content (AvgIpc) is 3.31. The van der Waals surface area contributed by atoms with Crippen LogP contribution in [0.1, 0.15) is 23.6 Å². The first-order valence-electron chi connectivity index (χ1n) is 11.2. The number of nitrogens with zero attached hydrogens (tertiary/aromatic N) is 2. The van der Waals surface area contributed by atoms with E-state index in [1.165, 1.54) is 6.07 Å². The third kappa shape index (κ3) is 5.22. The predicted molar refractivity (Wildman–Crippen MR) is 131 cm³/mol. The monoisotopic (exact) mass is 496 g/mol. The fraction of sp³-hybridized carbons (Fsp3) is 0.269. The molecule has 0 fully saturated rings. The number of ether oxygens (including phenoxy) is 4. The topological polar surface area (TPSA) is 97.5 Å². The van der Waals surface area contributed by atoms with Gasteiger partial charge in [0.25, 0.3) is 0 Å². The summed E-state index contributed by atoms with van der Waals surface area (Å²) in [4.78, 5) is 4.63. The first-order chi connectivity index (χ1) is 17.4. The van der Waals surface area contributed by atoms with E-state index in [-0.39, 0.29) is 18.4 Å². The van der Waals surface area contributed by atoms with Crippen LogP contribution >= 0.6 is 0 Å². The lowest BCUT2D eigenvalue weighted by Crippen LogP contribution is -2.27. The number of aliphatic imine (C=N–C) groups is 1. The summed E-state index contributed by atoms with van der Waals surface area (Å²) >= 11 is 0. The smallest absolute Gasteiger partial charge is 0.387 e. The normalized spacial score (nSPS) is 16.8. The molecule has 1 atom stereocenters. The van der Waals surface area contributed by atoms with Gasteiger partial charge in [0, 0.05) is 23.5 Å². The SMILES string of the molecule is CCOc1cc(Nc2cccc(OC)c2)cc(C2(c3ccc(OC(F)F)c(C)c3)COC(N=N)=N2)c1. The van der Waals surface area contributed by atoms with E-state index in [1.54, 1.807) is 26.2 Å². The molecule has 3 aromatic carbocycles. The van der Waals surface area contributed by atoms with Crippen molar-refractivity contribution in [2.75, 3.05) is 25.6 Å². The third-order valence-electron chi connectivity index (χ3n) is 5.71. The number of aryl methyl sites for hydroxylation is 1. The second-order valence-corrected chi connectivity index (χ2v) is 8.05. The summed E-state index contributed by atoms with van der Waals surface area (Å²) in [5.74, 6) is 1.37. The Morgan fingerprint density at radius 1 is 1.08 bits per heavy atom. The van der Waals surface area contributed by atoms with Gasteiger partial charge in [-0.15, -0.1) is 5.11 Å². The Balaban J connectivity index is 1.83. The van der Waals surface area contributed by atoms with E-state index in [1.807, 2.05) is 49.4 Å². The first-order valence-corrected chi connectivity index (χ1v) is 11.2. The molecule has 0 aliphatic carbocycles. The van der Waals surface area contributed by atoms with Crippen LogP contribution in [0.5, 0.6) is 17.2 Å². The summed E-state index contributed by atoms with van der Waals surface area (Å²) in [5, 5.41) is 6.74. The van der Waals surface area contributed by atoms with Gasteiger partial charge in [-0.25, -0.2) is 4.99 Å². The van der Waals surface area contributed by atoms with Gasteiger partial charge in [0.05, 0.1) is 13.7 Å². The fourth-order valence-electron chi connectivity index (χ4n) is 4.08. The molecule has 1 heterocycles. The second-order valence-electron chi connectivity index (χ2n) is 8.05. The van der Waals surface area contributed by atoms with E-state index in [9.17, 15) is 8.78 Å². The van der Waals surface area contributed by atoms with Crippen molar-refractivity contribution in [2.45, 2.75) is 26.0 Å². The zero-order valence-electron chi connectivity index (χ0n) is 20.0. The molecule has 10 heteroatoms. The van der Waals surface area contributed by atoms with Crippen LogP contribution in [0, 0.1) is 12.5 Å². The second kappa shape index (κ2) is 10.6. The van der Waals surface area contributed by atoms with E-state index < -0.39 is 12.2 Å². The van der Waals surface area contributed by atoms with E-state index in [0.717, 1.165) is 11.4 Å². The molecule has 8 nitrogen and oxygen atoms in total. The summed E-state index contributed by atoms with van der Waals surface area (Å²) in [6.45, 7) is 1.14. The molecule has 3 aromatic rings. The molecule has 4 rings (SSSR count). The molecule has 0 saturated heterocycles. The molecule has 1 aliphatic rings. The van der Waals surface area contributed by atoms with Gasteiger partial charge < -0.3 is 24.3 Å². The standard InChI is InChI=1S/C26H26F2N4O4/c1-4-34-22-12-18(11-20(14-22)30-19-6-5-7-21(13-19)33-3)26(15-35-25(31-26)32-29)17-8-9-23(16(2)10-17)36-24(27)28/h5-14,24,29-30H,4,15H2,1-3H3. The summed E-state index contributed by atoms with van der Waals surface area (Å²) < 4.78 is 47.0. The molecule has 1 aliphatic heterocycles. The molecule has 0 bridgehead atoms. The maximum atomic E-state index is 12.8. The Bertz CT molecular complexity index is 1280. The zero-order chi connectivity index (χ0) is 25.7. The molecule has 0 spiro atoms. The van der Waals surface area contributed by atoms with Gasteiger partial charge in [0.1, 0.15) is 23.9 Å². The van der Waals surface area contributed by atoms with Crippen molar-refractivity contribution in [1.29, 1.82) is 5.53 Å². The van der Waals surface area contributed by atoms with Gasteiger partial charge in [-0.3, -0.25) is 0 Å². The number of methoxy groups -OCH3 is 1. The number of benzene rings is 3. The minimum atomic E-state index is -2.93. The zero-order valence-corrected chi connectivity index (χ0v) is 20.0. The molecule has 2 N–H and O–H groups in total. The van der Waals surface area contributed by atoms with Crippen molar-refractivity contribution in [3.8, 4) is 17.2 Å². The molecule has 36 heavy (non-hydrogen) atoms. The Morgan fingerprint density at radius 3 is 2.56 bits per heavy atom. The van der Waals surface area contributed by atoms with E-state index in [2.05, 4.69) is 20.2 Å². The lowest BCUT2D eigenvalue weighted by atomic mass is 9.83. The van der Waals surface area contributed by atoms with Gasteiger partial charge in [0.15, 0.2) is 5.54 Å². The first kappa shape index (κ1) is 24.9. The third-order valence-corrected chi connectivity index (χ3v) is 5.71. The number of alkyl halides is 2. The molecule has 188 valence electrons. The molecule has 0 radical (unpaired) electrons. The van der Waals surface area contributed by atoms with Crippen molar-refractivity contribution < 1.29 is 27.7 Å². The van der Waals surface area contributed by atoms with Crippen LogP contribution in [0.3, 0.4) is 0 Å². The molecule has 0 saturated carbocycles. The quantitative estimate of drug-likeness (QED) is 0.334. The van der Waals surface area contributed by atoms with Gasteiger partial charge in [-0.1, -0.05) is 12.1 Å². The Kier molecular flexibility index (Phi) is 7.33. The highest BCUT2D eigenvalue weighted by Gasteiger charge is 2.41. The van der Waals surface area contributed by atoms with E-state index >= 15 is 0 Å². The summed E-state index contributed by atoms with van der Waals surface area (Å²) in [6.07, 6.45) is 0. The maximum absolute atomic E-state index is 12.8. The minimum absolute atomic E-state index is 0.0629. The minimum Gasteiger partial charge on any atom is -0.497 e. The van der Waals surface area contributed by atoms with Crippen molar-refractivity contribution in [3.05, 3.63) is 77.4 Å². The molecule has 0 aromatic heterocycles. The van der Waals surface area contributed by atoms with Crippen molar-refractivity contribution in [1.82, 2.24) is 0 Å². The summed E-state index contributed by atoms with van der Waals surface area (Å²) in [5.41, 5.74) is 9.73. The van der Waals surface area contributed by atoms with Crippen molar-refractivity contribution in [2.24, 2.45) is 10.1 Å². The van der Waals surface area contributed by atoms with Crippen LogP contribution in [-0.4, -0.2) is 33.0 Å². The molecular formula is C26H26F2N4O4. The number of anilines is 2. The van der Waals surface area contributed by atoms with E-state index in [0.29, 0.717) is 34.8 Å². The van der Waals surface area contributed by atoms with Gasteiger partial charge >= 0.3 is 12.6 Å². The van der Waals surface area contributed by atoms with Gasteiger partial charge in [-0.2, -0.15) is 14.3 Å². The number of halogens is 2. The molecular weight excluding hydrogens is 470 g/mol. The van der Waals surface area contributed by atoms with Crippen LogP contribution in [-0.2, 0) is 10.3 Å². The lowest BCUT2D eigenvalue weighted by molar-refractivity contribution is -0.0503. The highest BCUT2D eigenvalue weighted by molar-refractivity contribution is 5.77. The van der Waals surface area contributed by atoms with E-state index in [4.69, 9.17) is 19.7 Å². The predicted octanol–water partition coefficient (Wildman–Crippen LogP) is 6.41. The van der Waals surface area contributed by atoms with Crippen molar-refractivity contribution >= 4 is 17.4 Å². The van der Waals surface area contributed by atoms with Crippen LogP contribution in [0.2, 0.25) is 0 Å². The van der Waals surface area contributed by atoms with Crippen LogP contribution in [0.15, 0.2) is 70.8 Å². The van der Waals surface area contributed by atoms with Crippen LogP contribution in [0.25, 0.3) is 0 Å². The Hall–Kier alpha value is -4.21. The highest BCUT2D eigenvalue weighted by atomic mass is 19.3. The van der Waals surface area contributed by atoms with Crippen LogP contribution in [0.4, 0.5) is 20.2 Å². The number of nitrogens with one attached hydrogen (secondary N) is 2. The molecule has 1 unspecified atom stereocenters. The summed E-state index contributed by atoms with van der Waals surface area (Å²) in [7, 11) is 1.60. The highest BCUT2D eigenvalue weighted by Crippen LogP contribution is 2.42. The Labute approximate surface area is 207 Å². The largest absolute Gasteiger partial charge is 0.497 e. The van der Waals surface area contributed by atoms with Gasteiger partial charge in [0.2, 0.25) is 0 Å². The maximum Gasteiger partial charge on any atom is 0.387 e. The molecule has 0 amide bonds. The average molecular weight is 497 g/mol. The number of rotatable bonds is 9. The fourth-order valence-corrected chi connectivity index (χ4v) is 4.08.